The van der Waals surface area contributed by atoms with E-state index in [1.807, 2.05) is 0 Å². The summed E-state index contributed by atoms with van der Waals surface area (Å²) >= 11 is 0. The Bertz CT molecular complexity index is 84.0. The third kappa shape index (κ3) is 4.61. The molecule has 4 heteroatoms. The van der Waals surface area contributed by atoms with Gasteiger partial charge < -0.3 is 9.97 Å². The molecule has 1 heterocycles. The van der Waals surface area contributed by atoms with Crippen LogP contribution >= 0.6 is 0 Å². The first-order valence-corrected chi connectivity index (χ1v) is 1.63. The molecule has 0 unspecified atom stereocenters. The Hall–Kier alpha value is 0.457. The van der Waals surface area contributed by atoms with Gasteiger partial charge in [0.15, 0.2) is 0 Å². The molecular formula is C4H3N2W2-. The van der Waals surface area contributed by atoms with Crippen LogP contribution < -0.4 is 0 Å². The number of nitrogens with zero attached hydrogens (tertiary/aromatic N) is 2. The van der Waals surface area contributed by atoms with Crippen LogP contribution in [0.4, 0.5) is 0 Å². The Morgan fingerprint density at radius 1 is 1.00 bits per heavy atom. The van der Waals surface area contributed by atoms with E-state index in [2.05, 4.69) is 16.3 Å². The predicted octanol–water partition coefficient (Wildman–Crippen LogP) is 0.272. The minimum atomic E-state index is 0. The van der Waals surface area contributed by atoms with E-state index in [-0.39, 0.29) is 42.1 Å². The standard InChI is InChI=1S/C4H3N2.2W/c1-2-5-4-6-3-1;;/h1-3H;;/q-1;;. The molecule has 42 valence electrons. The summed E-state index contributed by atoms with van der Waals surface area (Å²) in [6.07, 6.45) is 5.66. The molecule has 2 nitrogen and oxygen atoms in total. The Morgan fingerprint density at radius 2 is 1.50 bits per heavy atom. The first-order valence-electron chi connectivity index (χ1n) is 1.63. The Balaban J connectivity index is 0. The third-order valence-corrected chi connectivity index (χ3v) is 0.437. The van der Waals surface area contributed by atoms with Gasteiger partial charge in [0.1, 0.15) is 0 Å². The number of hydrogen-bond acceptors (Lipinski definition) is 2. The van der Waals surface area contributed by atoms with E-state index in [0.29, 0.717) is 0 Å². The van der Waals surface area contributed by atoms with Gasteiger partial charge in [0.05, 0.1) is 0 Å². The van der Waals surface area contributed by atoms with Crippen molar-refractivity contribution in [2.24, 2.45) is 0 Å². The van der Waals surface area contributed by atoms with Crippen molar-refractivity contribution in [3.63, 3.8) is 0 Å². The minimum absolute atomic E-state index is 0. The normalized spacial score (nSPS) is 6.00. The molecule has 0 aliphatic carbocycles. The average Bonchev–Trinajstić information content (AvgIpc) is 1.72. The fraction of sp³-hybridized carbons (Fsp3) is 0. The number of aromatic nitrogens is 2. The molecule has 0 spiro atoms. The zero-order valence-corrected chi connectivity index (χ0v) is 9.81. The summed E-state index contributed by atoms with van der Waals surface area (Å²) in [6, 6.07) is 1.75. The molecule has 0 bridgehead atoms. The Morgan fingerprint density at radius 3 is 1.62 bits per heavy atom. The van der Waals surface area contributed by atoms with Crippen molar-refractivity contribution >= 4 is 0 Å². The van der Waals surface area contributed by atoms with Crippen molar-refractivity contribution in [2.75, 3.05) is 0 Å². The fourth-order valence-corrected chi connectivity index (χ4v) is 0.225. The maximum absolute atomic E-state index is 3.55. The molecule has 0 aliphatic rings. The van der Waals surface area contributed by atoms with Gasteiger partial charge in [-0.3, -0.25) is 0 Å². The average molecular weight is 447 g/mol. The van der Waals surface area contributed by atoms with Crippen LogP contribution in [0.2, 0.25) is 0 Å². The molecule has 0 saturated heterocycles. The van der Waals surface area contributed by atoms with Crippen LogP contribution in [-0.4, -0.2) is 9.97 Å². The summed E-state index contributed by atoms with van der Waals surface area (Å²) in [6.45, 7) is 0. The number of hydrogen-bond donors (Lipinski definition) is 0. The summed E-state index contributed by atoms with van der Waals surface area (Å²) < 4.78 is 0. The first kappa shape index (κ1) is 11.3. The van der Waals surface area contributed by atoms with E-state index >= 15 is 0 Å². The Labute approximate surface area is 76.6 Å². The van der Waals surface area contributed by atoms with Crippen LogP contribution in [0.1, 0.15) is 0 Å². The van der Waals surface area contributed by atoms with Crippen molar-refractivity contribution in [3.05, 3.63) is 24.8 Å². The van der Waals surface area contributed by atoms with Gasteiger partial charge in [-0.25, -0.2) is 0 Å². The smallest absolute Gasteiger partial charge is 0.0213 e. The van der Waals surface area contributed by atoms with Crippen LogP contribution in [0.25, 0.3) is 0 Å². The quantitative estimate of drug-likeness (QED) is 0.535. The van der Waals surface area contributed by atoms with E-state index in [0.717, 1.165) is 0 Å². The molecule has 1 aromatic rings. The molecule has 1 rings (SSSR count). The van der Waals surface area contributed by atoms with E-state index < -0.39 is 0 Å². The minimum Gasteiger partial charge on any atom is -0.374 e. The van der Waals surface area contributed by atoms with Crippen molar-refractivity contribution in [1.82, 2.24) is 9.97 Å². The SMILES string of the molecule is [W].[W].[c-]1ncccn1. The zero-order valence-electron chi connectivity index (χ0n) is 3.94. The summed E-state index contributed by atoms with van der Waals surface area (Å²) in [7, 11) is 0. The molecule has 0 amide bonds. The summed E-state index contributed by atoms with van der Waals surface area (Å²) in [5.41, 5.74) is 0. The monoisotopic (exact) mass is 447 g/mol. The second-order valence-electron chi connectivity index (χ2n) is 0.849. The maximum Gasteiger partial charge on any atom is 0.0213 e. The van der Waals surface area contributed by atoms with Crippen molar-refractivity contribution < 1.29 is 42.1 Å². The molecule has 0 fully saturated rings. The van der Waals surface area contributed by atoms with Crippen molar-refractivity contribution in [2.45, 2.75) is 0 Å². The van der Waals surface area contributed by atoms with Crippen LogP contribution in [0.15, 0.2) is 18.5 Å². The van der Waals surface area contributed by atoms with E-state index in [4.69, 9.17) is 0 Å². The van der Waals surface area contributed by atoms with Crippen LogP contribution in [0.3, 0.4) is 0 Å². The van der Waals surface area contributed by atoms with Gasteiger partial charge in [-0.15, -0.1) is 6.07 Å². The molecule has 0 atom stereocenters. The molecule has 8 heavy (non-hydrogen) atoms. The maximum atomic E-state index is 3.55. The van der Waals surface area contributed by atoms with E-state index in [1.165, 1.54) is 0 Å². The molecule has 1 aromatic heterocycles. The van der Waals surface area contributed by atoms with Crippen molar-refractivity contribution in [3.8, 4) is 0 Å². The third-order valence-electron chi connectivity index (χ3n) is 0.437. The molecule has 0 saturated carbocycles. The van der Waals surface area contributed by atoms with Crippen molar-refractivity contribution in [1.29, 1.82) is 0 Å². The molecular weight excluding hydrogens is 444 g/mol. The summed E-state index contributed by atoms with van der Waals surface area (Å²) in [4.78, 5) is 7.10. The second kappa shape index (κ2) is 7.46. The van der Waals surface area contributed by atoms with Gasteiger partial charge in [0.25, 0.3) is 0 Å². The van der Waals surface area contributed by atoms with Gasteiger partial charge in [-0.05, 0) is 0 Å². The number of rotatable bonds is 0. The van der Waals surface area contributed by atoms with Crippen LogP contribution in [0, 0.1) is 6.33 Å². The molecule has 0 radical (unpaired) electrons. The van der Waals surface area contributed by atoms with Gasteiger partial charge in [-0.1, -0.05) is 12.4 Å². The predicted molar refractivity (Wildman–Crippen MR) is 20.9 cm³/mol. The van der Waals surface area contributed by atoms with Gasteiger partial charge >= 0.3 is 0 Å². The largest absolute Gasteiger partial charge is 0.374 e. The van der Waals surface area contributed by atoms with Gasteiger partial charge in [0, 0.05) is 48.5 Å². The summed E-state index contributed by atoms with van der Waals surface area (Å²) in [5, 5.41) is 0. The van der Waals surface area contributed by atoms with Gasteiger partial charge in [-0.2, -0.15) is 0 Å². The van der Waals surface area contributed by atoms with Crippen LogP contribution in [0.5, 0.6) is 0 Å². The zero-order chi connectivity index (χ0) is 4.24. The topological polar surface area (TPSA) is 25.8 Å². The van der Waals surface area contributed by atoms with E-state index in [1.54, 1.807) is 18.5 Å². The van der Waals surface area contributed by atoms with E-state index in [9.17, 15) is 0 Å². The van der Waals surface area contributed by atoms with Gasteiger partial charge in [0.2, 0.25) is 0 Å². The molecule has 0 aromatic carbocycles. The fourth-order valence-electron chi connectivity index (χ4n) is 0.225. The molecule has 0 N–H and O–H groups in total. The summed E-state index contributed by atoms with van der Waals surface area (Å²) in [5.74, 6) is 0. The molecule has 0 aliphatic heterocycles. The van der Waals surface area contributed by atoms with Crippen LogP contribution in [-0.2, 0) is 42.1 Å². The first-order chi connectivity index (χ1) is 3.00. The second-order valence-corrected chi connectivity index (χ2v) is 0.849. The Kier molecular flexibility index (Phi) is 10.5.